The lowest BCUT2D eigenvalue weighted by atomic mass is 9.56. The Balaban J connectivity index is 1.22. The summed E-state index contributed by atoms with van der Waals surface area (Å²) >= 11 is 5.87. The van der Waals surface area contributed by atoms with Crippen molar-refractivity contribution in [3.63, 3.8) is 0 Å². The van der Waals surface area contributed by atoms with Gasteiger partial charge in [-0.25, -0.2) is 9.18 Å². The normalized spacial score (nSPS) is 18.0. The number of nitrogens with one attached hydrogen (secondary N) is 1. The maximum Gasteiger partial charge on any atom is 0.321 e. The predicted octanol–water partition coefficient (Wildman–Crippen LogP) is 5.44. The van der Waals surface area contributed by atoms with E-state index in [2.05, 4.69) is 10.3 Å². The molecule has 1 N–H and O–H groups in total. The number of rotatable bonds is 2. The molecular weight excluding hydrogens is 377 g/mol. The topological polar surface area (TPSA) is 45.2 Å². The molecule has 2 aliphatic rings. The van der Waals surface area contributed by atoms with Crippen LogP contribution in [-0.2, 0) is 0 Å². The monoisotopic (exact) mass is 395 g/mol. The Bertz CT molecular complexity index is 1060. The zero-order valence-corrected chi connectivity index (χ0v) is 15.9. The van der Waals surface area contributed by atoms with Crippen LogP contribution in [0.3, 0.4) is 0 Å². The molecule has 1 aliphatic heterocycles. The number of fused-ring (bicyclic) bond motifs is 1. The van der Waals surface area contributed by atoms with Gasteiger partial charge in [0.2, 0.25) is 0 Å². The van der Waals surface area contributed by atoms with Crippen LogP contribution in [0.25, 0.3) is 10.9 Å². The number of pyridine rings is 1. The van der Waals surface area contributed by atoms with Crippen molar-refractivity contribution in [3.8, 4) is 0 Å². The molecule has 0 atom stereocenters. The third-order valence-electron chi connectivity index (χ3n) is 5.97. The third kappa shape index (κ3) is 3.00. The van der Waals surface area contributed by atoms with Crippen molar-refractivity contribution in [1.82, 2.24) is 9.88 Å². The number of likely N-dealkylation sites (tertiary alicyclic amines) is 1. The van der Waals surface area contributed by atoms with Crippen molar-refractivity contribution in [3.05, 3.63) is 71.1 Å². The van der Waals surface area contributed by atoms with E-state index in [1.54, 1.807) is 42.6 Å². The first kappa shape index (κ1) is 17.4. The number of halogens is 2. The van der Waals surface area contributed by atoms with Crippen molar-refractivity contribution < 1.29 is 9.18 Å². The van der Waals surface area contributed by atoms with E-state index >= 15 is 0 Å². The van der Waals surface area contributed by atoms with Gasteiger partial charge in [-0.05, 0) is 72.9 Å². The second-order valence-electron chi connectivity index (χ2n) is 7.96. The van der Waals surface area contributed by atoms with Gasteiger partial charge in [0.1, 0.15) is 5.82 Å². The van der Waals surface area contributed by atoms with Crippen molar-refractivity contribution in [2.75, 3.05) is 18.4 Å². The number of hydrogen-bond donors (Lipinski definition) is 1. The smallest absolute Gasteiger partial charge is 0.321 e. The molecule has 1 aromatic heterocycles. The quantitative estimate of drug-likeness (QED) is 0.628. The van der Waals surface area contributed by atoms with Gasteiger partial charge in [0.25, 0.3) is 0 Å². The Kier molecular flexibility index (Phi) is 4.02. The molecule has 1 saturated carbocycles. The lowest BCUT2D eigenvalue weighted by Gasteiger charge is -2.59. The Morgan fingerprint density at radius 1 is 1.14 bits per heavy atom. The van der Waals surface area contributed by atoms with Gasteiger partial charge in [-0.3, -0.25) is 4.98 Å². The molecule has 0 unspecified atom stereocenters. The fourth-order valence-electron chi connectivity index (χ4n) is 4.60. The number of anilines is 1. The molecule has 3 aromatic rings. The number of carbonyl (C=O) groups excluding carboxylic acids is 1. The average molecular weight is 396 g/mol. The summed E-state index contributed by atoms with van der Waals surface area (Å²) in [7, 11) is 0. The van der Waals surface area contributed by atoms with E-state index in [1.807, 2.05) is 11.0 Å². The van der Waals surface area contributed by atoms with E-state index in [-0.39, 0.29) is 17.3 Å². The summed E-state index contributed by atoms with van der Waals surface area (Å²) in [5.74, 6) is 0.165. The van der Waals surface area contributed by atoms with Crippen molar-refractivity contribution in [1.29, 1.82) is 0 Å². The number of amides is 2. The van der Waals surface area contributed by atoms with Gasteiger partial charge < -0.3 is 10.2 Å². The van der Waals surface area contributed by atoms with Gasteiger partial charge in [0.15, 0.2) is 0 Å². The van der Waals surface area contributed by atoms with E-state index in [9.17, 15) is 9.18 Å². The maximum absolute atomic E-state index is 13.7. The highest BCUT2D eigenvalue weighted by Crippen LogP contribution is 2.56. The maximum atomic E-state index is 13.7. The molecule has 28 heavy (non-hydrogen) atoms. The van der Waals surface area contributed by atoms with Gasteiger partial charge >= 0.3 is 6.03 Å². The lowest BCUT2D eigenvalue weighted by Crippen LogP contribution is -2.64. The summed E-state index contributed by atoms with van der Waals surface area (Å²) in [6.07, 6.45) is 3.84. The largest absolute Gasteiger partial charge is 0.323 e. The molecular formula is C22H19ClFN3O. The summed E-state index contributed by atoms with van der Waals surface area (Å²) < 4.78 is 13.7. The van der Waals surface area contributed by atoms with E-state index in [0.717, 1.165) is 42.5 Å². The number of nitrogens with zero attached hydrogens (tertiary/aromatic N) is 2. The molecule has 6 heteroatoms. The first-order chi connectivity index (χ1) is 13.5. The molecule has 0 bridgehead atoms. The molecule has 2 fully saturated rings. The molecule has 1 saturated heterocycles. The Morgan fingerprint density at radius 3 is 2.64 bits per heavy atom. The minimum Gasteiger partial charge on any atom is -0.323 e. The standard InChI is InChI=1S/C22H19ClFN3O/c23-15-1-4-17(5-2-15)26-21(28)27-12-22(13-27)10-14(11-22)18-7-8-25-20-6-3-16(24)9-19(18)20/h1-9,14H,10-13H2,(H,26,28). The molecule has 4 nitrogen and oxygen atoms in total. The zero-order chi connectivity index (χ0) is 19.3. The first-order valence-electron chi connectivity index (χ1n) is 9.37. The van der Waals surface area contributed by atoms with Crippen LogP contribution in [0.1, 0.15) is 24.3 Å². The minimum atomic E-state index is -0.232. The molecule has 142 valence electrons. The number of aromatic nitrogens is 1. The van der Waals surface area contributed by atoms with Crippen LogP contribution in [0.2, 0.25) is 5.02 Å². The number of benzene rings is 2. The summed E-state index contributed by atoms with van der Waals surface area (Å²) in [4.78, 5) is 18.6. The summed E-state index contributed by atoms with van der Waals surface area (Å²) in [6.45, 7) is 1.53. The van der Waals surface area contributed by atoms with E-state index in [1.165, 1.54) is 11.6 Å². The Hall–Kier alpha value is -2.66. The van der Waals surface area contributed by atoms with Crippen LogP contribution < -0.4 is 5.32 Å². The summed E-state index contributed by atoms with van der Waals surface area (Å²) in [6, 6.07) is 13.8. The fourth-order valence-corrected chi connectivity index (χ4v) is 4.73. The zero-order valence-electron chi connectivity index (χ0n) is 15.2. The number of carbonyl (C=O) groups is 1. The third-order valence-corrected chi connectivity index (χ3v) is 6.22. The van der Waals surface area contributed by atoms with Gasteiger partial charge in [-0.2, -0.15) is 0 Å². The van der Waals surface area contributed by atoms with Crippen molar-refractivity contribution in [2.24, 2.45) is 5.41 Å². The molecule has 5 rings (SSSR count). The second-order valence-corrected chi connectivity index (χ2v) is 8.40. The van der Waals surface area contributed by atoms with Crippen molar-refractivity contribution in [2.45, 2.75) is 18.8 Å². The molecule has 2 aromatic carbocycles. The molecule has 0 radical (unpaired) electrons. The second kappa shape index (κ2) is 6.45. The van der Waals surface area contributed by atoms with Gasteiger partial charge in [-0.15, -0.1) is 0 Å². The fraction of sp³-hybridized carbons (Fsp3) is 0.273. The van der Waals surface area contributed by atoms with Crippen LogP contribution in [0.5, 0.6) is 0 Å². The first-order valence-corrected chi connectivity index (χ1v) is 9.75. The highest BCUT2D eigenvalue weighted by molar-refractivity contribution is 6.30. The minimum absolute atomic E-state index is 0.0761. The SMILES string of the molecule is O=C(Nc1ccc(Cl)cc1)N1CC2(CC(c3ccnc4ccc(F)cc34)C2)C1. The van der Waals surface area contributed by atoms with Crippen molar-refractivity contribution >= 4 is 34.2 Å². The highest BCUT2D eigenvalue weighted by Gasteiger charge is 2.54. The van der Waals surface area contributed by atoms with Crippen LogP contribution in [-0.4, -0.2) is 29.0 Å². The predicted molar refractivity (Wildman–Crippen MR) is 108 cm³/mol. The average Bonchev–Trinajstić information content (AvgIpc) is 2.61. The molecule has 1 spiro atoms. The van der Waals surface area contributed by atoms with Gasteiger partial charge in [0.05, 0.1) is 5.52 Å². The van der Waals surface area contributed by atoms with E-state index in [4.69, 9.17) is 11.6 Å². The van der Waals surface area contributed by atoms with Crippen LogP contribution in [0.4, 0.5) is 14.9 Å². The summed E-state index contributed by atoms with van der Waals surface area (Å²) in [5.41, 5.74) is 2.94. The lowest BCUT2D eigenvalue weighted by molar-refractivity contribution is -0.0439. The Morgan fingerprint density at radius 2 is 1.89 bits per heavy atom. The molecule has 2 amide bonds. The van der Waals surface area contributed by atoms with E-state index in [0.29, 0.717) is 10.9 Å². The van der Waals surface area contributed by atoms with E-state index < -0.39 is 0 Å². The van der Waals surface area contributed by atoms with Crippen LogP contribution in [0, 0.1) is 11.2 Å². The van der Waals surface area contributed by atoms with Gasteiger partial charge in [-0.1, -0.05) is 11.6 Å². The van der Waals surface area contributed by atoms with Crippen LogP contribution >= 0.6 is 11.6 Å². The van der Waals surface area contributed by atoms with Crippen LogP contribution in [0.15, 0.2) is 54.7 Å². The molecule has 2 heterocycles. The molecule has 1 aliphatic carbocycles. The number of hydrogen-bond acceptors (Lipinski definition) is 2. The van der Waals surface area contributed by atoms with Gasteiger partial charge in [0, 0.05) is 40.8 Å². The number of urea groups is 1. The summed E-state index contributed by atoms with van der Waals surface area (Å²) in [5, 5.41) is 4.45. The highest BCUT2D eigenvalue weighted by atomic mass is 35.5. The Labute approximate surface area is 167 Å².